The maximum Gasteiger partial charge on any atom is 0.275 e. The number of benzene rings is 2. The van der Waals surface area contributed by atoms with Gasteiger partial charge >= 0.3 is 0 Å². The van der Waals surface area contributed by atoms with E-state index in [1.54, 1.807) is 35.3 Å². The summed E-state index contributed by atoms with van der Waals surface area (Å²) >= 11 is 0. The van der Waals surface area contributed by atoms with E-state index in [4.69, 9.17) is 0 Å². The highest BCUT2D eigenvalue weighted by atomic mass is 19.1. The summed E-state index contributed by atoms with van der Waals surface area (Å²) in [5.74, 6) is -1.53. The van der Waals surface area contributed by atoms with Crippen LogP contribution in [0.3, 0.4) is 0 Å². The monoisotopic (exact) mass is 529 g/mol. The van der Waals surface area contributed by atoms with Gasteiger partial charge in [-0.2, -0.15) is 10.1 Å². The molecule has 1 atom stereocenters. The zero-order valence-electron chi connectivity index (χ0n) is 22.4. The molecule has 1 aliphatic rings. The van der Waals surface area contributed by atoms with Crippen molar-refractivity contribution in [1.82, 2.24) is 24.2 Å². The molecule has 39 heavy (non-hydrogen) atoms. The number of rotatable bonds is 7. The van der Waals surface area contributed by atoms with E-state index in [-0.39, 0.29) is 29.7 Å². The van der Waals surface area contributed by atoms with E-state index in [2.05, 4.69) is 10.1 Å². The zero-order valence-corrected chi connectivity index (χ0v) is 22.4. The van der Waals surface area contributed by atoms with Crippen LogP contribution in [0.15, 0.2) is 59.7 Å². The first-order valence-corrected chi connectivity index (χ1v) is 13.4. The maximum absolute atomic E-state index is 14.4. The fourth-order valence-electron chi connectivity index (χ4n) is 5.42. The third-order valence-corrected chi connectivity index (χ3v) is 7.50. The molecule has 4 aromatic rings. The molecule has 0 saturated carbocycles. The highest BCUT2D eigenvalue weighted by Crippen LogP contribution is 2.32. The Balaban J connectivity index is 1.65. The van der Waals surface area contributed by atoms with Gasteiger partial charge in [0.2, 0.25) is 5.88 Å². The van der Waals surface area contributed by atoms with Gasteiger partial charge in [0.15, 0.2) is 11.4 Å². The SMILES string of the molecule is CCc1cccc(CC)c1-n1c(-c2cnn(CC)c2)nc(O)c(C(=O)N2CCC(c3ccccc3F)C2)c1=O. The topological polar surface area (TPSA) is 93.2 Å². The number of aromatic nitrogens is 4. The molecule has 8 nitrogen and oxygen atoms in total. The summed E-state index contributed by atoms with van der Waals surface area (Å²) in [4.78, 5) is 33.9. The van der Waals surface area contributed by atoms with Crippen molar-refractivity contribution in [2.75, 3.05) is 13.1 Å². The van der Waals surface area contributed by atoms with Crippen molar-refractivity contribution in [1.29, 1.82) is 0 Å². The van der Waals surface area contributed by atoms with Crippen molar-refractivity contribution in [2.24, 2.45) is 0 Å². The Morgan fingerprint density at radius 1 is 1.08 bits per heavy atom. The lowest BCUT2D eigenvalue weighted by Gasteiger charge is -2.21. The predicted octanol–water partition coefficient (Wildman–Crippen LogP) is 4.72. The highest BCUT2D eigenvalue weighted by Gasteiger charge is 2.34. The Morgan fingerprint density at radius 2 is 1.79 bits per heavy atom. The number of para-hydroxylation sites is 1. The van der Waals surface area contributed by atoms with Crippen LogP contribution in [0, 0.1) is 5.82 Å². The van der Waals surface area contributed by atoms with E-state index in [0.717, 1.165) is 11.1 Å². The summed E-state index contributed by atoms with van der Waals surface area (Å²) in [6.45, 7) is 7.17. The van der Waals surface area contributed by atoms with Crippen LogP contribution < -0.4 is 5.56 Å². The fraction of sp³-hybridized carbons (Fsp3) is 0.333. The third kappa shape index (κ3) is 4.73. The second-order valence-electron chi connectivity index (χ2n) is 9.75. The number of carbonyl (C=O) groups is 1. The predicted molar refractivity (Wildman–Crippen MR) is 147 cm³/mol. The number of halogens is 1. The fourth-order valence-corrected chi connectivity index (χ4v) is 5.42. The van der Waals surface area contributed by atoms with Crippen molar-refractivity contribution in [3.8, 4) is 23.0 Å². The molecule has 0 bridgehead atoms. The molecular formula is C30H32FN5O3. The van der Waals surface area contributed by atoms with Gasteiger partial charge in [0.1, 0.15) is 5.82 Å². The number of nitrogens with zero attached hydrogens (tertiary/aromatic N) is 5. The number of aromatic hydroxyl groups is 1. The van der Waals surface area contributed by atoms with E-state index in [1.807, 2.05) is 39.0 Å². The summed E-state index contributed by atoms with van der Waals surface area (Å²) in [6.07, 6.45) is 5.23. The van der Waals surface area contributed by atoms with Gasteiger partial charge < -0.3 is 10.0 Å². The lowest BCUT2D eigenvalue weighted by atomic mass is 9.98. The molecule has 0 spiro atoms. The standard InChI is InChI=1S/C30H32FN5O3/c1-4-19-10-9-11-20(5-2)26(19)36-27(22-16-32-35(6-3)18-22)33-28(37)25(30(36)39)29(38)34-15-14-21(17-34)23-12-7-8-13-24(23)31/h7-13,16,18,21,37H,4-6,14-15,17H2,1-3H3. The Hall–Kier alpha value is -4.27. The molecule has 1 aliphatic heterocycles. The van der Waals surface area contributed by atoms with E-state index in [9.17, 15) is 19.1 Å². The number of amides is 1. The minimum atomic E-state index is -0.642. The molecule has 0 aliphatic carbocycles. The Bertz CT molecular complexity index is 1570. The van der Waals surface area contributed by atoms with Crippen LogP contribution >= 0.6 is 0 Å². The Morgan fingerprint density at radius 3 is 2.44 bits per heavy atom. The van der Waals surface area contributed by atoms with Crippen LogP contribution in [-0.4, -0.2) is 48.3 Å². The van der Waals surface area contributed by atoms with Gasteiger partial charge in [0, 0.05) is 31.7 Å². The lowest BCUT2D eigenvalue weighted by Crippen LogP contribution is -2.36. The average molecular weight is 530 g/mol. The number of hydrogen-bond donors (Lipinski definition) is 1. The second-order valence-corrected chi connectivity index (χ2v) is 9.75. The molecule has 5 rings (SSSR count). The number of likely N-dealkylation sites (tertiary alicyclic amines) is 1. The first kappa shape index (κ1) is 26.3. The molecule has 3 heterocycles. The van der Waals surface area contributed by atoms with Gasteiger partial charge in [0.25, 0.3) is 11.5 Å². The van der Waals surface area contributed by atoms with Crippen LogP contribution in [0.2, 0.25) is 0 Å². The van der Waals surface area contributed by atoms with E-state index in [1.165, 1.54) is 15.5 Å². The molecule has 202 valence electrons. The molecule has 0 radical (unpaired) electrons. The smallest absolute Gasteiger partial charge is 0.275 e. The summed E-state index contributed by atoms with van der Waals surface area (Å²) < 4.78 is 17.6. The minimum absolute atomic E-state index is 0.195. The average Bonchev–Trinajstić information content (AvgIpc) is 3.63. The normalized spacial score (nSPS) is 15.2. The van der Waals surface area contributed by atoms with Crippen molar-refractivity contribution < 1.29 is 14.3 Å². The number of hydrogen-bond acceptors (Lipinski definition) is 5. The third-order valence-electron chi connectivity index (χ3n) is 7.50. The molecule has 1 N–H and O–H groups in total. The van der Waals surface area contributed by atoms with Gasteiger partial charge in [0.05, 0.1) is 17.4 Å². The quantitative estimate of drug-likeness (QED) is 0.374. The minimum Gasteiger partial charge on any atom is -0.493 e. The van der Waals surface area contributed by atoms with E-state index < -0.39 is 17.3 Å². The lowest BCUT2D eigenvalue weighted by molar-refractivity contribution is 0.0784. The molecule has 1 fully saturated rings. The van der Waals surface area contributed by atoms with E-state index in [0.29, 0.717) is 49.2 Å². The molecular weight excluding hydrogens is 497 g/mol. The highest BCUT2D eigenvalue weighted by molar-refractivity contribution is 5.96. The van der Waals surface area contributed by atoms with Gasteiger partial charge in [-0.25, -0.2) is 4.39 Å². The summed E-state index contributed by atoms with van der Waals surface area (Å²) in [5, 5.41) is 15.3. The summed E-state index contributed by atoms with van der Waals surface area (Å²) in [6, 6.07) is 12.4. The zero-order chi connectivity index (χ0) is 27.7. The van der Waals surface area contributed by atoms with Crippen molar-refractivity contribution >= 4 is 5.91 Å². The van der Waals surface area contributed by atoms with Gasteiger partial charge in [-0.05, 0) is 48.9 Å². The van der Waals surface area contributed by atoms with Crippen molar-refractivity contribution in [3.63, 3.8) is 0 Å². The second kappa shape index (κ2) is 10.8. The molecule has 2 aromatic carbocycles. The molecule has 1 amide bonds. The van der Waals surface area contributed by atoms with E-state index >= 15 is 0 Å². The maximum atomic E-state index is 14.4. The molecule has 9 heteroatoms. The Kier molecular flexibility index (Phi) is 7.32. The van der Waals surface area contributed by atoms with Gasteiger partial charge in [-0.15, -0.1) is 0 Å². The summed E-state index contributed by atoms with van der Waals surface area (Å²) in [7, 11) is 0. The first-order valence-electron chi connectivity index (χ1n) is 13.4. The van der Waals surface area contributed by atoms with Gasteiger partial charge in [-0.1, -0.05) is 50.2 Å². The van der Waals surface area contributed by atoms with Crippen LogP contribution in [0.4, 0.5) is 4.39 Å². The van der Waals surface area contributed by atoms with Crippen LogP contribution in [0.25, 0.3) is 17.1 Å². The van der Waals surface area contributed by atoms with Crippen molar-refractivity contribution in [2.45, 2.75) is 52.5 Å². The van der Waals surface area contributed by atoms with Crippen molar-refractivity contribution in [3.05, 3.63) is 93.3 Å². The van der Waals surface area contributed by atoms with Crippen LogP contribution in [-0.2, 0) is 19.4 Å². The number of aryl methyl sites for hydroxylation is 3. The molecule has 1 unspecified atom stereocenters. The first-order chi connectivity index (χ1) is 18.9. The molecule has 2 aromatic heterocycles. The van der Waals surface area contributed by atoms with Gasteiger partial charge in [-0.3, -0.25) is 18.8 Å². The number of carbonyl (C=O) groups excluding carboxylic acids is 1. The van der Waals surface area contributed by atoms with Crippen LogP contribution in [0.5, 0.6) is 5.88 Å². The summed E-state index contributed by atoms with van der Waals surface area (Å²) in [5.41, 5.74) is 2.58. The molecule has 1 saturated heterocycles. The van der Waals surface area contributed by atoms with Crippen LogP contribution in [0.1, 0.15) is 60.2 Å². The largest absolute Gasteiger partial charge is 0.493 e. The Labute approximate surface area is 226 Å².